The van der Waals surface area contributed by atoms with Crippen LogP contribution in [-0.2, 0) is 6.42 Å². The number of aryl methyl sites for hydroxylation is 1. The highest BCUT2D eigenvalue weighted by Crippen LogP contribution is 2.18. The summed E-state index contributed by atoms with van der Waals surface area (Å²) in [5.41, 5.74) is 3.34. The van der Waals surface area contributed by atoms with E-state index in [-0.39, 0.29) is 0 Å². The summed E-state index contributed by atoms with van der Waals surface area (Å²) in [6.07, 6.45) is 2.60. The van der Waals surface area contributed by atoms with E-state index < -0.39 is 0 Å². The van der Waals surface area contributed by atoms with Crippen molar-refractivity contribution in [2.45, 2.75) is 13.3 Å². The molecule has 128 valence electrons. The van der Waals surface area contributed by atoms with Crippen molar-refractivity contribution < 1.29 is 4.74 Å². The van der Waals surface area contributed by atoms with Crippen LogP contribution in [0.5, 0.6) is 5.75 Å². The smallest absolute Gasteiger partial charge is 0.229 e. The second-order valence-electron chi connectivity index (χ2n) is 5.75. The monoisotopic (exact) mass is 334 g/mol. The number of nitrogens with zero attached hydrogens (tertiary/aromatic N) is 2. The molecule has 0 bridgehead atoms. The Balaban J connectivity index is 1.60. The summed E-state index contributed by atoms with van der Waals surface area (Å²) in [5.74, 6) is 2.28. The Bertz CT molecular complexity index is 835. The number of methoxy groups -OCH3 is 1. The number of para-hydroxylation sites is 1. The van der Waals surface area contributed by atoms with E-state index in [1.54, 1.807) is 13.3 Å². The number of benzene rings is 2. The van der Waals surface area contributed by atoms with E-state index in [1.165, 1.54) is 11.1 Å². The van der Waals surface area contributed by atoms with Crippen molar-refractivity contribution in [3.8, 4) is 5.75 Å². The van der Waals surface area contributed by atoms with Gasteiger partial charge in [0.1, 0.15) is 11.6 Å². The molecule has 0 unspecified atom stereocenters. The Morgan fingerprint density at radius 3 is 2.76 bits per heavy atom. The molecule has 3 aromatic rings. The molecular weight excluding hydrogens is 312 g/mol. The van der Waals surface area contributed by atoms with Crippen molar-refractivity contribution in [2.75, 3.05) is 24.3 Å². The Morgan fingerprint density at radius 1 is 1.04 bits per heavy atom. The maximum atomic E-state index is 5.38. The van der Waals surface area contributed by atoms with Crippen LogP contribution in [0.3, 0.4) is 0 Å². The largest absolute Gasteiger partial charge is 0.496 e. The number of ether oxygens (including phenoxy) is 1. The molecule has 5 heteroatoms. The first-order valence-corrected chi connectivity index (χ1v) is 8.27. The zero-order chi connectivity index (χ0) is 17.5. The molecule has 0 aliphatic rings. The molecule has 0 spiro atoms. The first-order valence-electron chi connectivity index (χ1n) is 8.27. The van der Waals surface area contributed by atoms with E-state index in [1.807, 2.05) is 36.4 Å². The maximum absolute atomic E-state index is 5.38. The third-order valence-electron chi connectivity index (χ3n) is 3.82. The summed E-state index contributed by atoms with van der Waals surface area (Å²) in [7, 11) is 1.69. The van der Waals surface area contributed by atoms with Crippen molar-refractivity contribution in [1.82, 2.24) is 9.97 Å². The van der Waals surface area contributed by atoms with E-state index >= 15 is 0 Å². The molecule has 0 saturated heterocycles. The van der Waals surface area contributed by atoms with Gasteiger partial charge in [-0.2, -0.15) is 4.98 Å². The average Bonchev–Trinajstić information content (AvgIpc) is 2.62. The van der Waals surface area contributed by atoms with E-state index in [0.29, 0.717) is 5.95 Å². The maximum Gasteiger partial charge on any atom is 0.229 e. The molecule has 2 aromatic carbocycles. The number of hydrogen-bond donors (Lipinski definition) is 2. The summed E-state index contributed by atoms with van der Waals surface area (Å²) in [6.45, 7) is 2.82. The van der Waals surface area contributed by atoms with Gasteiger partial charge in [-0.1, -0.05) is 30.3 Å². The molecule has 1 aromatic heterocycles. The highest BCUT2D eigenvalue weighted by molar-refractivity contribution is 5.55. The molecule has 3 rings (SSSR count). The second kappa shape index (κ2) is 8.15. The number of anilines is 3. The van der Waals surface area contributed by atoms with Gasteiger partial charge in [-0.3, -0.25) is 0 Å². The van der Waals surface area contributed by atoms with Crippen molar-refractivity contribution in [2.24, 2.45) is 0 Å². The summed E-state index contributed by atoms with van der Waals surface area (Å²) in [6, 6.07) is 18.0. The molecule has 0 atom stereocenters. The fourth-order valence-electron chi connectivity index (χ4n) is 2.60. The molecule has 0 fully saturated rings. The minimum absolute atomic E-state index is 0.577. The lowest BCUT2D eigenvalue weighted by atomic mass is 10.1. The van der Waals surface area contributed by atoms with Gasteiger partial charge < -0.3 is 15.4 Å². The molecule has 5 nitrogen and oxygen atoms in total. The summed E-state index contributed by atoms with van der Waals surface area (Å²) < 4.78 is 5.38. The molecule has 0 radical (unpaired) electrons. The standard InChI is InChI=1S/C20H22N4O/c1-15-6-5-8-17(14-15)23-20-22-13-11-19(24-20)21-12-10-16-7-3-4-9-18(16)25-2/h3-9,11,13-14H,10,12H2,1-2H3,(H2,21,22,23,24). The van der Waals surface area contributed by atoms with Crippen molar-refractivity contribution in [3.63, 3.8) is 0 Å². The van der Waals surface area contributed by atoms with Crippen molar-refractivity contribution >= 4 is 17.5 Å². The summed E-state index contributed by atoms with van der Waals surface area (Å²) in [5, 5.41) is 6.56. The predicted molar refractivity (Wildman–Crippen MR) is 102 cm³/mol. The van der Waals surface area contributed by atoms with Gasteiger partial charge in [-0.05, 0) is 48.7 Å². The highest BCUT2D eigenvalue weighted by atomic mass is 16.5. The Hall–Kier alpha value is -3.08. The van der Waals surface area contributed by atoms with Crippen LogP contribution in [0, 0.1) is 6.92 Å². The summed E-state index contributed by atoms with van der Waals surface area (Å²) >= 11 is 0. The third kappa shape index (κ3) is 4.70. The van der Waals surface area contributed by atoms with Crippen LogP contribution in [0.1, 0.15) is 11.1 Å². The van der Waals surface area contributed by atoms with Gasteiger partial charge in [0.15, 0.2) is 0 Å². The van der Waals surface area contributed by atoms with Crippen LogP contribution >= 0.6 is 0 Å². The number of hydrogen-bond acceptors (Lipinski definition) is 5. The minimum atomic E-state index is 0.577. The van der Waals surface area contributed by atoms with Crippen LogP contribution < -0.4 is 15.4 Å². The van der Waals surface area contributed by atoms with E-state index in [9.17, 15) is 0 Å². The lowest BCUT2D eigenvalue weighted by Crippen LogP contribution is -2.08. The first-order chi connectivity index (χ1) is 12.2. The highest BCUT2D eigenvalue weighted by Gasteiger charge is 2.03. The topological polar surface area (TPSA) is 59.1 Å². The van der Waals surface area contributed by atoms with Gasteiger partial charge in [0.2, 0.25) is 5.95 Å². The number of nitrogens with one attached hydrogen (secondary N) is 2. The second-order valence-corrected chi connectivity index (χ2v) is 5.75. The Kier molecular flexibility index (Phi) is 5.46. The number of rotatable bonds is 7. The zero-order valence-electron chi connectivity index (χ0n) is 14.5. The Labute approximate surface area is 148 Å². The fourth-order valence-corrected chi connectivity index (χ4v) is 2.60. The van der Waals surface area contributed by atoms with Gasteiger partial charge >= 0.3 is 0 Å². The fraction of sp³-hybridized carbons (Fsp3) is 0.200. The molecule has 0 aliphatic heterocycles. The predicted octanol–water partition coefficient (Wildman–Crippen LogP) is 4.19. The molecule has 0 amide bonds. The van der Waals surface area contributed by atoms with E-state index in [2.05, 4.69) is 45.7 Å². The van der Waals surface area contributed by atoms with Crippen LogP contribution in [0.15, 0.2) is 60.8 Å². The quantitative estimate of drug-likeness (QED) is 0.678. The van der Waals surface area contributed by atoms with Crippen molar-refractivity contribution in [1.29, 1.82) is 0 Å². The zero-order valence-corrected chi connectivity index (χ0v) is 14.5. The minimum Gasteiger partial charge on any atom is -0.496 e. The molecule has 2 N–H and O–H groups in total. The summed E-state index contributed by atoms with van der Waals surface area (Å²) in [4.78, 5) is 8.78. The van der Waals surface area contributed by atoms with Crippen LogP contribution in [0.4, 0.5) is 17.5 Å². The Morgan fingerprint density at radius 2 is 1.92 bits per heavy atom. The lowest BCUT2D eigenvalue weighted by Gasteiger charge is -2.10. The number of aromatic nitrogens is 2. The van der Waals surface area contributed by atoms with Crippen LogP contribution in [0.25, 0.3) is 0 Å². The molecular formula is C20H22N4O. The van der Waals surface area contributed by atoms with Gasteiger partial charge in [-0.25, -0.2) is 4.98 Å². The van der Waals surface area contributed by atoms with Crippen LogP contribution in [0.2, 0.25) is 0 Å². The average molecular weight is 334 g/mol. The molecule has 0 aliphatic carbocycles. The van der Waals surface area contributed by atoms with E-state index in [0.717, 1.165) is 30.2 Å². The van der Waals surface area contributed by atoms with Crippen molar-refractivity contribution in [3.05, 3.63) is 71.9 Å². The van der Waals surface area contributed by atoms with Gasteiger partial charge in [0.25, 0.3) is 0 Å². The third-order valence-corrected chi connectivity index (χ3v) is 3.82. The SMILES string of the molecule is COc1ccccc1CCNc1ccnc(Nc2cccc(C)c2)n1. The molecule has 0 saturated carbocycles. The van der Waals surface area contributed by atoms with Gasteiger partial charge in [-0.15, -0.1) is 0 Å². The first kappa shape index (κ1) is 16.8. The normalized spacial score (nSPS) is 10.3. The lowest BCUT2D eigenvalue weighted by molar-refractivity contribution is 0.410. The van der Waals surface area contributed by atoms with E-state index in [4.69, 9.17) is 4.74 Å². The van der Waals surface area contributed by atoms with Crippen LogP contribution in [-0.4, -0.2) is 23.6 Å². The van der Waals surface area contributed by atoms with Gasteiger partial charge in [0.05, 0.1) is 7.11 Å². The molecule has 1 heterocycles. The molecule has 25 heavy (non-hydrogen) atoms. The van der Waals surface area contributed by atoms with Gasteiger partial charge in [0, 0.05) is 18.4 Å².